The molecule has 0 spiro atoms. The van der Waals surface area contributed by atoms with Crippen molar-refractivity contribution >= 4 is 45.0 Å². The summed E-state index contributed by atoms with van der Waals surface area (Å²) in [5.74, 6) is -1.26. The number of nitrogens with one attached hydrogen (secondary N) is 3. The van der Waals surface area contributed by atoms with Crippen molar-refractivity contribution in [2.75, 3.05) is 7.05 Å². The molecule has 2 aromatic rings. The zero-order valence-electron chi connectivity index (χ0n) is 12.8. The monoisotopic (exact) mass is 401 g/mol. The highest BCUT2D eigenvalue weighted by atomic mass is 35.5. The minimum Gasteiger partial charge on any atom is -0.267 e. The molecule has 2 rings (SSSR count). The molecule has 0 heterocycles. The predicted octanol–water partition coefficient (Wildman–Crippen LogP) is 1.98. The highest BCUT2D eigenvalue weighted by molar-refractivity contribution is 7.89. The average molecular weight is 402 g/mol. The second-order valence-electron chi connectivity index (χ2n) is 4.77. The van der Waals surface area contributed by atoms with Crippen LogP contribution < -0.4 is 15.6 Å². The molecule has 2 amide bonds. The SMILES string of the molecule is CNS(=O)(=O)c1cc(C(=O)NNC(=O)c2ccc(Cl)cc2)ccc1Cl. The average Bonchev–Trinajstić information content (AvgIpc) is 2.60. The predicted molar refractivity (Wildman–Crippen MR) is 94.1 cm³/mol. The minimum atomic E-state index is -3.83. The first-order chi connectivity index (χ1) is 11.7. The molecule has 2 aromatic carbocycles. The fraction of sp³-hybridized carbons (Fsp3) is 0.0667. The number of halogens is 2. The first kappa shape index (κ1) is 19.2. The van der Waals surface area contributed by atoms with E-state index in [2.05, 4.69) is 15.6 Å². The second kappa shape index (κ2) is 7.83. The minimum absolute atomic E-state index is 0.00892. The Balaban J connectivity index is 2.12. The molecule has 0 fully saturated rings. The molecule has 0 aliphatic heterocycles. The summed E-state index contributed by atoms with van der Waals surface area (Å²) >= 11 is 11.6. The molecule has 0 unspecified atom stereocenters. The van der Waals surface area contributed by atoms with Crippen LogP contribution in [0.1, 0.15) is 20.7 Å². The molecule has 0 aliphatic carbocycles. The lowest BCUT2D eigenvalue weighted by Crippen LogP contribution is -2.41. The molecule has 0 aliphatic rings. The van der Waals surface area contributed by atoms with Crippen LogP contribution in [0.15, 0.2) is 47.4 Å². The lowest BCUT2D eigenvalue weighted by molar-refractivity contribution is 0.0846. The maximum Gasteiger partial charge on any atom is 0.269 e. The molecule has 0 bridgehead atoms. The fourth-order valence-electron chi connectivity index (χ4n) is 1.82. The van der Waals surface area contributed by atoms with E-state index < -0.39 is 21.8 Å². The Kier molecular flexibility index (Phi) is 6.02. The van der Waals surface area contributed by atoms with Gasteiger partial charge < -0.3 is 0 Å². The van der Waals surface area contributed by atoms with Crippen LogP contribution in [0.5, 0.6) is 0 Å². The number of amides is 2. The molecular formula is C15H13Cl2N3O4S. The number of benzene rings is 2. The van der Waals surface area contributed by atoms with Crippen molar-refractivity contribution in [1.82, 2.24) is 15.6 Å². The zero-order valence-corrected chi connectivity index (χ0v) is 15.2. The molecule has 25 heavy (non-hydrogen) atoms. The summed E-state index contributed by atoms with van der Waals surface area (Å²) in [5, 5.41) is 0.441. The van der Waals surface area contributed by atoms with Crippen LogP contribution in [0.25, 0.3) is 0 Å². The van der Waals surface area contributed by atoms with Crippen LogP contribution in [0.4, 0.5) is 0 Å². The molecule has 0 aromatic heterocycles. The topological polar surface area (TPSA) is 104 Å². The van der Waals surface area contributed by atoms with Crippen molar-refractivity contribution in [3.63, 3.8) is 0 Å². The smallest absolute Gasteiger partial charge is 0.267 e. The van der Waals surface area contributed by atoms with Gasteiger partial charge in [-0.1, -0.05) is 23.2 Å². The molecule has 0 radical (unpaired) electrons. The third kappa shape index (κ3) is 4.70. The zero-order chi connectivity index (χ0) is 18.6. The summed E-state index contributed by atoms with van der Waals surface area (Å²) in [6.07, 6.45) is 0. The van der Waals surface area contributed by atoms with Gasteiger partial charge in [-0.25, -0.2) is 13.1 Å². The third-order valence-corrected chi connectivity index (χ3v) is 5.30. The van der Waals surface area contributed by atoms with Crippen LogP contribution in [0.3, 0.4) is 0 Å². The van der Waals surface area contributed by atoms with Crippen LogP contribution >= 0.6 is 23.2 Å². The molecular weight excluding hydrogens is 389 g/mol. The summed E-state index contributed by atoms with van der Waals surface area (Å²) in [7, 11) is -2.60. The van der Waals surface area contributed by atoms with Gasteiger partial charge in [0, 0.05) is 16.1 Å². The van der Waals surface area contributed by atoms with E-state index in [1.165, 1.54) is 43.4 Å². The molecule has 0 saturated heterocycles. The highest BCUT2D eigenvalue weighted by Crippen LogP contribution is 2.22. The number of sulfonamides is 1. The Morgan fingerprint density at radius 3 is 1.96 bits per heavy atom. The van der Waals surface area contributed by atoms with E-state index in [0.717, 1.165) is 6.07 Å². The van der Waals surface area contributed by atoms with Crippen LogP contribution in [-0.2, 0) is 10.0 Å². The van der Waals surface area contributed by atoms with Crippen molar-refractivity contribution in [3.8, 4) is 0 Å². The van der Waals surface area contributed by atoms with Crippen molar-refractivity contribution in [2.45, 2.75) is 4.90 Å². The van der Waals surface area contributed by atoms with E-state index in [4.69, 9.17) is 23.2 Å². The summed E-state index contributed by atoms with van der Waals surface area (Å²) < 4.78 is 25.9. The van der Waals surface area contributed by atoms with Gasteiger partial charge in [-0.2, -0.15) is 0 Å². The molecule has 0 atom stereocenters. The van der Waals surface area contributed by atoms with E-state index in [0.29, 0.717) is 10.6 Å². The van der Waals surface area contributed by atoms with E-state index in [1.807, 2.05) is 0 Å². The number of hydrogen-bond donors (Lipinski definition) is 3. The lowest BCUT2D eigenvalue weighted by atomic mass is 10.2. The van der Waals surface area contributed by atoms with Gasteiger partial charge in [0.25, 0.3) is 11.8 Å². The highest BCUT2D eigenvalue weighted by Gasteiger charge is 2.18. The number of hydrazine groups is 1. The molecule has 132 valence electrons. The molecule has 7 nitrogen and oxygen atoms in total. The normalized spacial score (nSPS) is 11.0. The van der Waals surface area contributed by atoms with Gasteiger partial charge in [0.2, 0.25) is 10.0 Å². The third-order valence-electron chi connectivity index (χ3n) is 3.15. The maximum absolute atomic E-state index is 12.1. The Bertz CT molecular complexity index is 915. The maximum atomic E-state index is 12.1. The Hall–Kier alpha value is -2.13. The van der Waals surface area contributed by atoms with Gasteiger partial charge in [0.15, 0.2) is 0 Å². The number of rotatable bonds is 4. The van der Waals surface area contributed by atoms with Gasteiger partial charge in [-0.05, 0) is 49.5 Å². The van der Waals surface area contributed by atoms with Gasteiger partial charge in [-0.15, -0.1) is 0 Å². The van der Waals surface area contributed by atoms with Gasteiger partial charge in [-0.3, -0.25) is 20.4 Å². The quantitative estimate of drug-likeness (QED) is 0.681. The second-order valence-corrected chi connectivity index (χ2v) is 7.47. The Morgan fingerprint density at radius 1 is 0.880 bits per heavy atom. The van der Waals surface area contributed by atoms with Gasteiger partial charge in [0.05, 0.1) is 5.02 Å². The van der Waals surface area contributed by atoms with E-state index >= 15 is 0 Å². The van der Waals surface area contributed by atoms with Gasteiger partial charge in [0.1, 0.15) is 4.90 Å². The summed E-state index contributed by atoms with van der Waals surface area (Å²) in [4.78, 5) is 23.8. The molecule has 10 heteroatoms. The summed E-state index contributed by atoms with van der Waals surface area (Å²) in [6.45, 7) is 0. The first-order valence-electron chi connectivity index (χ1n) is 6.84. The summed E-state index contributed by atoms with van der Waals surface area (Å²) in [6, 6.07) is 9.77. The standard InChI is InChI=1S/C15H13Cl2N3O4S/c1-18-25(23,24)13-8-10(4-7-12(13)17)15(22)20-19-14(21)9-2-5-11(16)6-3-9/h2-8,18H,1H3,(H,19,21)(H,20,22). The molecule has 0 saturated carbocycles. The number of carbonyl (C=O) groups excluding carboxylic acids is 2. The van der Waals surface area contributed by atoms with Crippen molar-refractivity contribution in [3.05, 3.63) is 63.6 Å². The van der Waals surface area contributed by atoms with Crippen LogP contribution in [0.2, 0.25) is 10.0 Å². The van der Waals surface area contributed by atoms with E-state index in [1.54, 1.807) is 0 Å². The number of carbonyl (C=O) groups is 2. The van der Waals surface area contributed by atoms with Crippen molar-refractivity contribution < 1.29 is 18.0 Å². The van der Waals surface area contributed by atoms with E-state index in [-0.39, 0.29) is 15.5 Å². The van der Waals surface area contributed by atoms with Crippen molar-refractivity contribution in [2.24, 2.45) is 0 Å². The van der Waals surface area contributed by atoms with Crippen LogP contribution in [-0.4, -0.2) is 27.3 Å². The lowest BCUT2D eigenvalue weighted by Gasteiger charge is -2.10. The Labute approximate surface area is 154 Å². The largest absolute Gasteiger partial charge is 0.269 e. The van der Waals surface area contributed by atoms with Crippen molar-refractivity contribution in [1.29, 1.82) is 0 Å². The fourth-order valence-corrected chi connectivity index (χ4v) is 3.19. The Morgan fingerprint density at radius 2 is 1.40 bits per heavy atom. The van der Waals surface area contributed by atoms with Gasteiger partial charge >= 0.3 is 0 Å². The number of hydrogen-bond acceptors (Lipinski definition) is 4. The molecule has 3 N–H and O–H groups in total. The van der Waals surface area contributed by atoms with Crippen LogP contribution in [0, 0.1) is 0 Å². The van der Waals surface area contributed by atoms with E-state index in [9.17, 15) is 18.0 Å². The summed E-state index contributed by atoms with van der Waals surface area (Å²) in [5.41, 5.74) is 4.72. The first-order valence-corrected chi connectivity index (χ1v) is 9.08.